The zero-order valence-electron chi connectivity index (χ0n) is 28.5. The van der Waals surface area contributed by atoms with Crippen molar-refractivity contribution in [3.05, 3.63) is 35.9 Å². The summed E-state index contributed by atoms with van der Waals surface area (Å²) in [5.74, 6) is 2.20. The first-order valence-corrected chi connectivity index (χ1v) is 16.1. The lowest BCUT2D eigenvalue weighted by atomic mass is 9.98. The summed E-state index contributed by atoms with van der Waals surface area (Å²) in [4.78, 5) is 38.1. The summed E-state index contributed by atoms with van der Waals surface area (Å²) in [5.41, 5.74) is -0.304. The quantitative estimate of drug-likeness (QED) is 0.300. The number of nitrogens with one attached hydrogen (secondary N) is 3. The molecule has 0 bridgehead atoms. The van der Waals surface area contributed by atoms with Crippen molar-refractivity contribution < 1.29 is 28.6 Å². The largest absolute Gasteiger partial charge is 0.445 e. The minimum absolute atomic E-state index is 0. The van der Waals surface area contributed by atoms with Crippen LogP contribution in [0.1, 0.15) is 86.6 Å². The number of fused-ring (bicyclic) bond motifs is 2. The Kier molecular flexibility index (Phi) is 11.5. The Balaban J connectivity index is 0.000000265. The van der Waals surface area contributed by atoms with Crippen LogP contribution in [0.4, 0.5) is 14.4 Å². The normalized spacial score (nSPS) is 30.2. The monoisotopic (exact) mass is 625 g/mol. The van der Waals surface area contributed by atoms with Crippen LogP contribution in [-0.4, -0.2) is 80.1 Å². The molecule has 2 unspecified atom stereocenters. The van der Waals surface area contributed by atoms with E-state index in [0.717, 1.165) is 56.2 Å². The molecule has 0 aromatic heterocycles. The summed E-state index contributed by atoms with van der Waals surface area (Å²) in [6.07, 6.45) is 2.90. The van der Waals surface area contributed by atoms with Crippen molar-refractivity contribution in [2.75, 3.05) is 26.2 Å². The number of hydrogen-bond acceptors (Lipinski definition) is 7. The molecular weight excluding hydrogens is 571 g/mol. The Morgan fingerprint density at radius 1 is 0.778 bits per heavy atom. The maximum absolute atomic E-state index is 12.4. The molecule has 4 aliphatic rings. The average molecular weight is 626 g/mol. The van der Waals surface area contributed by atoms with Gasteiger partial charge in [0.15, 0.2) is 0 Å². The van der Waals surface area contributed by atoms with Gasteiger partial charge in [-0.2, -0.15) is 0 Å². The van der Waals surface area contributed by atoms with Crippen molar-refractivity contribution in [1.29, 1.82) is 0 Å². The van der Waals surface area contributed by atoms with Gasteiger partial charge in [0.1, 0.15) is 17.8 Å². The fourth-order valence-corrected chi connectivity index (χ4v) is 7.41. The second-order valence-corrected chi connectivity index (χ2v) is 15.8. The van der Waals surface area contributed by atoms with Crippen molar-refractivity contribution in [3.8, 4) is 0 Å². The van der Waals surface area contributed by atoms with E-state index in [2.05, 4.69) is 29.8 Å². The number of amides is 3. The van der Waals surface area contributed by atoms with Crippen LogP contribution in [0, 0.1) is 23.7 Å². The highest BCUT2D eigenvalue weighted by molar-refractivity contribution is 5.75. The number of nitrogens with zero attached hydrogens (tertiary/aromatic N) is 1. The maximum Gasteiger partial charge on any atom is 0.410 e. The van der Waals surface area contributed by atoms with Gasteiger partial charge in [0, 0.05) is 32.6 Å². The van der Waals surface area contributed by atoms with Crippen LogP contribution < -0.4 is 16.0 Å². The summed E-state index contributed by atoms with van der Waals surface area (Å²) >= 11 is 0. The van der Waals surface area contributed by atoms with E-state index < -0.39 is 11.2 Å². The molecule has 45 heavy (non-hydrogen) atoms. The molecule has 1 aromatic rings. The van der Waals surface area contributed by atoms with Gasteiger partial charge in [-0.25, -0.2) is 14.4 Å². The van der Waals surface area contributed by atoms with Crippen LogP contribution in [0.5, 0.6) is 0 Å². The summed E-state index contributed by atoms with van der Waals surface area (Å²) in [7, 11) is 0. The summed E-state index contributed by atoms with van der Waals surface area (Å²) in [5, 5.41) is 9.50. The van der Waals surface area contributed by atoms with Gasteiger partial charge in [-0.15, -0.1) is 0 Å². The molecule has 6 atom stereocenters. The van der Waals surface area contributed by atoms with Gasteiger partial charge in [0.2, 0.25) is 0 Å². The fraction of sp³-hybridized carbons (Fsp3) is 0.735. The molecule has 2 saturated heterocycles. The number of ether oxygens (including phenoxy) is 3. The molecule has 0 spiro atoms. The number of alkyl carbamates (subject to hydrolysis) is 2. The molecule has 249 valence electrons. The molecular formula is C34H54BN4O6. The average Bonchev–Trinajstić information content (AvgIpc) is 3.59. The van der Waals surface area contributed by atoms with Crippen LogP contribution in [0.2, 0.25) is 0 Å². The second kappa shape index (κ2) is 14.2. The first kappa shape index (κ1) is 36.5. The molecule has 2 aliphatic carbocycles. The summed E-state index contributed by atoms with van der Waals surface area (Å²) < 4.78 is 16.2. The van der Waals surface area contributed by atoms with Crippen molar-refractivity contribution in [2.45, 2.75) is 110 Å². The predicted molar refractivity (Wildman–Crippen MR) is 175 cm³/mol. The van der Waals surface area contributed by atoms with Crippen molar-refractivity contribution in [3.63, 3.8) is 0 Å². The fourth-order valence-electron chi connectivity index (χ4n) is 7.41. The molecule has 2 heterocycles. The highest BCUT2D eigenvalue weighted by Gasteiger charge is 2.49. The van der Waals surface area contributed by atoms with E-state index in [1.165, 1.54) is 0 Å². The SMILES string of the molecule is CC1(NC(=O)OC(C)(C)C)C[C@H]2CN(C(=O)OCc3ccccc3)C[C@H]2C1.CC1(NC(=O)OC(C)(C)C)C[C@H]2CNC[C@H]2C1.[B]. The third-order valence-corrected chi connectivity index (χ3v) is 8.98. The predicted octanol–water partition coefficient (Wildman–Crippen LogP) is 5.47. The van der Waals surface area contributed by atoms with Crippen LogP contribution >= 0.6 is 0 Å². The summed E-state index contributed by atoms with van der Waals surface area (Å²) in [6.45, 7) is 19.3. The number of likely N-dealkylation sites (tertiary alicyclic amines) is 1. The van der Waals surface area contributed by atoms with E-state index in [4.69, 9.17) is 14.2 Å². The molecule has 3 amide bonds. The van der Waals surface area contributed by atoms with Crippen LogP contribution in [0.15, 0.2) is 30.3 Å². The first-order chi connectivity index (χ1) is 20.4. The third kappa shape index (κ3) is 10.8. The van der Waals surface area contributed by atoms with Crippen LogP contribution in [-0.2, 0) is 20.8 Å². The molecule has 2 saturated carbocycles. The molecule has 5 rings (SSSR count). The topological polar surface area (TPSA) is 118 Å². The van der Waals surface area contributed by atoms with E-state index in [1.807, 2.05) is 71.9 Å². The zero-order valence-corrected chi connectivity index (χ0v) is 28.5. The number of hydrogen-bond donors (Lipinski definition) is 3. The van der Waals surface area contributed by atoms with Gasteiger partial charge in [-0.1, -0.05) is 30.3 Å². The molecule has 3 N–H and O–H groups in total. The lowest BCUT2D eigenvalue weighted by molar-refractivity contribution is 0.0447. The van der Waals surface area contributed by atoms with E-state index in [-0.39, 0.29) is 37.8 Å². The zero-order chi connectivity index (χ0) is 32.3. The second-order valence-electron chi connectivity index (χ2n) is 15.8. The number of rotatable bonds is 4. The standard InChI is InChI=1S/C21H30N2O4.C13H24N2O2.B/c1-20(2,3)27-18(24)22-21(4)10-16-12-23(13-17(16)11-21)19(25)26-14-15-8-6-5-7-9-15;1-12(2,3)17-11(16)15-13(4)5-9-7-14-8-10(9)6-13;/h5-9,16-17H,10-14H2,1-4H3,(H,22,24);9-10,14H,5-8H2,1-4H3,(H,15,16);/t16-,17+,21?;9-,10+,13?;. The van der Waals surface area contributed by atoms with Gasteiger partial charge in [0.05, 0.1) is 0 Å². The Bertz CT molecular complexity index is 1140. The van der Waals surface area contributed by atoms with E-state index in [1.54, 1.807) is 4.90 Å². The number of carbonyl (C=O) groups is 3. The minimum Gasteiger partial charge on any atom is -0.445 e. The Hall–Kier alpha value is -2.95. The van der Waals surface area contributed by atoms with Crippen LogP contribution in [0.3, 0.4) is 0 Å². The molecule has 11 heteroatoms. The van der Waals surface area contributed by atoms with E-state index >= 15 is 0 Å². The lowest BCUT2D eigenvalue weighted by Gasteiger charge is -2.30. The van der Waals surface area contributed by atoms with Crippen molar-refractivity contribution in [2.24, 2.45) is 23.7 Å². The summed E-state index contributed by atoms with van der Waals surface area (Å²) in [6, 6.07) is 9.69. The third-order valence-electron chi connectivity index (χ3n) is 8.98. The highest BCUT2D eigenvalue weighted by Crippen LogP contribution is 2.44. The van der Waals surface area contributed by atoms with Gasteiger partial charge < -0.3 is 35.1 Å². The smallest absolute Gasteiger partial charge is 0.410 e. The van der Waals surface area contributed by atoms with E-state index in [0.29, 0.717) is 31.5 Å². The maximum atomic E-state index is 12.4. The van der Waals surface area contributed by atoms with Gasteiger partial charge in [0.25, 0.3) is 0 Å². The Morgan fingerprint density at radius 3 is 1.62 bits per heavy atom. The number of benzene rings is 1. The van der Waals surface area contributed by atoms with E-state index in [9.17, 15) is 14.4 Å². The lowest BCUT2D eigenvalue weighted by Crippen LogP contribution is -2.47. The Morgan fingerprint density at radius 2 is 1.20 bits per heavy atom. The van der Waals surface area contributed by atoms with Gasteiger partial charge in [-0.3, -0.25) is 0 Å². The minimum atomic E-state index is -0.506. The van der Waals surface area contributed by atoms with Crippen molar-refractivity contribution >= 4 is 26.7 Å². The molecule has 4 fully saturated rings. The Labute approximate surface area is 271 Å². The van der Waals surface area contributed by atoms with Gasteiger partial charge >= 0.3 is 18.3 Å². The number of carbonyl (C=O) groups excluding carboxylic acids is 3. The first-order valence-electron chi connectivity index (χ1n) is 16.1. The van der Waals surface area contributed by atoms with Crippen LogP contribution in [0.25, 0.3) is 0 Å². The molecule has 10 nitrogen and oxygen atoms in total. The van der Waals surface area contributed by atoms with Crippen molar-refractivity contribution in [1.82, 2.24) is 20.9 Å². The van der Waals surface area contributed by atoms with Gasteiger partial charge in [-0.05, 0) is 123 Å². The molecule has 2 aliphatic heterocycles. The highest BCUT2D eigenvalue weighted by atomic mass is 16.6. The molecule has 3 radical (unpaired) electrons. The molecule has 1 aromatic carbocycles.